The van der Waals surface area contributed by atoms with E-state index in [2.05, 4.69) is 10.1 Å². The van der Waals surface area contributed by atoms with E-state index < -0.39 is 5.97 Å². The lowest BCUT2D eigenvalue weighted by Gasteiger charge is -2.25. The van der Waals surface area contributed by atoms with E-state index >= 15 is 0 Å². The second kappa shape index (κ2) is 8.09. The molecule has 0 saturated carbocycles. The number of hydrogen-bond donors (Lipinski definition) is 1. The lowest BCUT2D eigenvalue weighted by atomic mass is 10.1. The van der Waals surface area contributed by atoms with Crippen LogP contribution >= 0.6 is 0 Å². The van der Waals surface area contributed by atoms with Crippen molar-refractivity contribution < 1.29 is 19.4 Å². The lowest BCUT2D eigenvalue weighted by Crippen LogP contribution is -2.39. The zero-order valence-corrected chi connectivity index (χ0v) is 14.7. The van der Waals surface area contributed by atoms with Crippen molar-refractivity contribution in [2.75, 3.05) is 19.7 Å². The van der Waals surface area contributed by atoms with Crippen molar-refractivity contribution in [3.05, 3.63) is 42.0 Å². The first-order valence-electron chi connectivity index (χ1n) is 8.63. The van der Waals surface area contributed by atoms with Crippen molar-refractivity contribution in [2.24, 2.45) is 0 Å². The molecular weight excluding hydrogens is 336 g/mol. The van der Waals surface area contributed by atoms with E-state index in [0.29, 0.717) is 18.7 Å². The van der Waals surface area contributed by atoms with Gasteiger partial charge in [-0.25, -0.2) is 9.67 Å². The second-order valence-corrected chi connectivity index (χ2v) is 6.37. The Morgan fingerprint density at radius 3 is 2.88 bits per heavy atom. The quantitative estimate of drug-likeness (QED) is 0.809. The lowest BCUT2D eigenvalue weighted by molar-refractivity contribution is -0.137. The van der Waals surface area contributed by atoms with E-state index in [1.54, 1.807) is 28.0 Å². The third kappa shape index (κ3) is 4.26. The van der Waals surface area contributed by atoms with Gasteiger partial charge in [-0.15, -0.1) is 0 Å². The molecule has 0 radical (unpaired) electrons. The van der Waals surface area contributed by atoms with E-state index in [9.17, 15) is 9.59 Å². The minimum Gasteiger partial charge on any atom is -0.481 e. The molecule has 1 amide bonds. The number of benzene rings is 1. The zero-order valence-electron chi connectivity index (χ0n) is 14.7. The highest BCUT2D eigenvalue weighted by Gasteiger charge is 2.25. The average molecular weight is 358 g/mol. The number of hydrogen-bond acceptors (Lipinski definition) is 5. The third-order valence-corrected chi connectivity index (χ3v) is 4.45. The van der Waals surface area contributed by atoms with Gasteiger partial charge in [0, 0.05) is 25.3 Å². The first-order chi connectivity index (χ1) is 12.5. The predicted molar refractivity (Wildman–Crippen MR) is 93.2 cm³/mol. The van der Waals surface area contributed by atoms with Crippen LogP contribution in [0, 0.1) is 6.92 Å². The smallest absolute Gasteiger partial charge is 0.305 e. The van der Waals surface area contributed by atoms with Crippen LogP contribution in [0.3, 0.4) is 0 Å². The highest BCUT2D eigenvalue weighted by Crippen LogP contribution is 2.19. The highest BCUT2D eigenvalue weighted by atomic mass is 16.5. The largest absolute Gasteiger partial charge is 0.481 e. The van der Waals surface area contributed by atoms with E-state index in [-0.39, 0.29) is 25.0 Å². The Hall–Kier alpha value is -2.74. The van der Waals surface area contributed by atoms with Gasteiger partial charge in [0.15, 0.2) is 0 Å². The van der Waals surface area contributed by atoms with Gasteiger partial charge in [-0.3, -0.25) is 9.59 Å². The maximum atomic E-state index is 13.0. The van der Waals surface area contributed by atoms with Crippen LogP contribution in [0.15, 0.2) is 30.9 Å². The molecule has 1 atom stereocenters. The van der Waals surface area contributed by atoms with Crippen molar-refractivity contribution in [3.8, 4) is 5.69 Å². The van der Waals surface area contributed by atoms with Gasteiger partial charge >= 0.3 is 5.97 Å². The number of carbonyl (C=O) groups is 2. The molecule has 3 rings (SSSR count). The summed E-state index contributed by atoms with van der Waals surface area (Å²) in [5.41, 5.74) is 2.17. The normalized spacial score (nSPS) is 16.6. The summed E-state index contributed by atoms with van der Waals surface area (Å²) in [5.74, 6) is -1.10. The number of rotatable bonds is 7. The first-order valence-corrected chi connectivity index (χ1v) is 8.63. The fourth-order valence-corrected chi connectivity index (χ4v) is 3.08. The number of ether oxygens (including phenoxy) is 1. The van der Waals surface area contributed by atoms with Gasteiger partial charge in [0.2, 0.25) is 0 Å². The molecule has 1 aromatic heterocycles. The molecule has 8 heteroatoms. The number of aromatic nitrogens is 3. The van der Waals surface area contributed by atoms with Gasteiger partial charge in [0.1, 0.15) is 12.7 Å². The molecule has 0 aliphatic carbocycles. The predicted octanol–water partition coefficient (Wildman–Crippen LogP) is 1.67. The summed E-state index contributed by atoms with van der Waals surface area (Å²) >= 11 is 0. The standard InChI is InChI=1S/C18H22N4O4/c1-13-9-14(22-12-19-11-20-22)4-5-16(13)18(25)21(7-6-17(23)24)10-15-3-2-8-26-15/h4-5,9,11-12,15H,2-3,6-8,10H2,1H3,(H,23,24). The van der Waals surface area contributed by atoms with E-state index in [1.807, 2.05) is 13.0 Å². The molecule has 0 bridgehead atoms. The maximum absolute atomic E-state index is 13.0. The van der Waals surface area contributed by atoms with Crippen LogP contribution in [0.5, 0.6) is 0 Å². The van der Waals surface area contributed by atoms with E-state index in [4.69, 9.17) is 9.84 Å². The highest BCUT2D eigenvalue weighted by molar-refractivity contribution is 5.96. The van der Waals surface area contributed by atoms with Gasteiger partial charge in [-0.05, 0) is 43.5 Å². The fourth-order valence-electron chi connectivity index (χ4n) is 3.08. The summed E-state index contributed by atoms with van der Waals surface area (Å²) in [6, 6.07) is 5.41. The van der Waals surface area contributed by atoms with Crippen LogP contribution in [0.25, 0.3) is 5.69 Å². The average Bonchev–Trinajstić information content (AvgIpc) is 3.31. The molecule has 1 unspecified atom stereocenters. The summed E-state index contributed by atoms with van der Waals surface area (Å²) in [7, 11) is 0. The number of aliphatic carboxylic acids is 1. The summed E-state index contributed by atoms with van der Waals surface area (Å²) < 4.78 is 7.24. The van der Waals surface area contributed by atoms with E-state index in [1.165, 1.54) is 6.33 Å². The Morgan fingerprint density at radius 1 is 1.42 bits per heavy atom. The molecule has 1 fully saturated rings. The van der Waals surface area contributed by atoms with Gasteiger partial charge < -0.3 is 14.7 Å². The minimum atomic E-state index is -0.923. The molecule has 1 aliphatic heterocycles. The van der Waals surface area contributed by atoms with Crippen LogP contribution in [-0.4, -0.2) is 62.4 Å². The Kier molecular flexibility index (Phi) is 5.62. The van der Waals surface area contributed by atoms with Gasteiger partial charge in [0.25, 0.3) is 5.91 Å². The molecule has 1 saturated heterocycles. The molecule has 2 heterocycles. The summed E-state index contributed by atoms with van der Waals surface area (Å²) in [5, 5.41) is 13.1. The molecule has 1 aliphatic rings. The van der Waals surface area contributed by atoms with Crippen LogP contribution in [0.4, 0.5) is 0 Å². The Morgan fingerprint density at radius 2 is 2.27 bits per heavy atom. The molecule has 8 nitrogen and oxygen atoms in total. The molecule has 2 aromatic rings. The Balaban J connectivity index is 1.79. The molecule has 1 aromatic carbocycles. The van der Waals surface area contributed by atoms with Crippen molar-refractivity contribution in [2.45, 2.75) is 32.3 Å². The molecular formula is C18H22N4O4. The van der Waals surface area contributed by atoms with Crippen molar-refractivity contribution in [1.29, 1.82) is 0 Å². The van der Waals surface area contributed by atoms with Gasteiger partial charge in [-0.2, -0.15) is 5.10 Å². The van der Waals surface area contributed by atoms with Crippen LogP contribution in [0.2, 0.25) is 0 Å². The minimum absolute atomic E-state index is 0.0255. The molecule has 1 N–H and O–H groups in total. The fraction of sp³-hybridized carbons (Fsp3) is 0.444. The number of carboxylic acids is 1. The number of nitrogens with zero attached hydrogens (tertiary/aromatic N) is 4. The summed E-state index contributed by atoms with van der Waals surface area (Å²) in [6.07, 6.45) is 4.78. The monoisotopic (exact) mass is 358 g/mol. The summed E-state index contributed by atoms with van der Waals surface area (Å²) in [6.45, 7) is 3.13. The number of carboxylic acid groups (broad SMARTS) is 1. The van der Waals surface area contributed by atoms with Gasteiger partial charge in [0.05, 0.1) is 18.2 Å². The van der Waals surface area contributed by atoms with Gasteiger partial charge in [-0.1, -0.05) is 0 Å². The topological polar surface area (TPSA) is 97.6 Å². The molecule has 0 spiro atoms. The Labute approximate surface area is 151 Å². The zero-order chi connectivity index (χ0) is 18.5. The van der Waals surface area contributed by atoms with Crippen molar-refractivity contribution in [3.63, 3.8) is 0 Å². The molecule has 26 heavy (non-hydrogen) atoms. The summed E-state index contributed by atoms with van der Waals surface area (Å²) in [4.78, 5) is 29.5. The van der Waals surface area contributed by atoms with E-state index in [0.717, 1.165) is 24.1 Å². The Bertz CT molecular complexity index is 770. The van der Waals surface area contributed by atoms with Crippen molar-refractivity contribution >= 4 is 11.9 Å². The number of amides is 1. The third-order valence-electron chi connectivity index (χ3n) is 4.45. The maximum Gasteiger partial charge on any atom is 0.305 e. The first kappa shape index (κ1) is 18.1. The SMILES string of the molecule is Cc1cc(-n2cncn2)ccc1C(=O)N(CCC(=O)O)CC1CCCO1. The second-order valence-electron chi connectivity index (χ2n) is 6.37. The van der Waals surface area contributed by atoms with Crippen LogP contribution in [-0.2, 0) is 9.53 Å². The number of aryl methyl sites for hydroxylation is 1. The van der Waals surface area contributed by atoms with Crippen LogP contribution in [0.1, 0.15) is 35.2 Å². The number of carbonyl (C=O) groups excluding carboxylic acids is 1. The van der Waals surface area contributed by atoms with Crippen LogP contribution < -0.4 is 0 Å². The van der Waals surface area contributed by atoms with Crippen molar-refractivity contribution in [1.82, 2.24) is 19.7 Å². The molecule has 138 valence electrons.